The second kappa shape index (κ2) is 7.53. The van der Waals surface area contributed by atoms with Crippen molar-refractivity contribution in [3.05, 3.63) is 23.8 Å². The van der Waals surface area contributed by atoms with Gasteiger partial charge in [0, 0.05) is 6.04 Å². The third-order valence-electron chi connectivity index (χ3n) is 4.17. The van der Waals surface area contributed by atoms with Crippen LogP contribution in [-0.4, -0.2) is 19.3 Å². The van der Waals surface area contributed by atoms with E-state index in [0.29, 0.717) is 0 Å². The van der Waals surface area contributed by atoms with E-state index in [1.807, 2.05) is 6.07 Å². The van der Waals surface area contributed by atoms with Crippen LogP contribution in [0.1, 0.15) is 51.0 Å². The van der Waals surface area contributed by atoms with Crippen molar-refractivity contribution < 1.29 is 9.47 Å². The van der Waals surface area contributed by atoms with E-state index in [1.165, 1.54) is 31.2 Å². The van der Waals surface area contributed by atoms with E-state index in [9.17, 15) is 0 Å². The highest BCUT2D eigenvalue weighted by Gasteiger charge is 2.22. The Morgan fingerprint density at radius 1 is 1.10 bits per heavy atom. The highest BCUT2D eigenvalue weighted by molar-refractivity contribution is 5.43. The van der Waals surface area contributed by atoms with Gasteiger partial charge < -0.3 is 15.2 Å². The molecule has 2 rings (SSSR count). The minimum atomic E-state index is 0.108. The van der Waals surface area contributed by atoms with Gasteiger partial charge in [0.25, 0.3) is 0 Å². The summed E-state index contributed by atoms with van der Waals surface area (Å²) in [6.07, 6.45) is 8.21. The van der Waals surface area contributed by atoms with Gasteiger partial charge >= 0.3 is 0 Å². The Labute approximate surface area is 122 Å². The van der Waals surface area contributed by atoms with Crippen LogP contribution in [0.5, 0.6) is 11.5 Å². The van der Waals surface area contributed by atoms with Crippen LogP contribution in [0.3, 0.4) is 0 Å². The molecule has 0 heterocycles. The molecule has 3 nitrogen and oxygen atoms in total. The zero-order valence-electron chi connectivity index (χ0n) is 12.7. The van der Waals surface area contributed by atoms with Crippen LogP contribution in [0.2, 0.25) is 0 Å². The third kappa shape index (κ3) is 3.89. The second-order valence-electron chi connectivity index (χ2n) is 5.65. The molecule has 0 saturated heterocycles. The normalized spacial score (nSPS) is 23.8. The van der Waals surface area contributed by atoms with E-state index in [1.54, 1.807) is 7.11 Å². The van der Waals surface area contributed by atoms with Crippen LogP contribution in [0.4, 0.5) is 0 Å². The smallest absolute Gasteiger partial charge is 0.161 e. The SMILES string of the molecule is CCc1ccc(OC2CCCCCCC2N)c(OC)c1. The lowest BCUT2D eigenvalue weighted by Crippen LogP contribution is -2.39. The van der Waals surface area contributed by atoms with Crippen molar-refractivity contribution in [2.75, 3.05) is 7.11 Å². The number of benzene rings is 1. The van der Waals surface area contributed by atoms with Crippen molar-refractivity contribution in [3.8, 4) is 11.5 Å². The summed E-state index contributed by atoms with van der Waals surface area (Å²) in [6.45, 7) is 2.14. The van der Waals surface area contributed by atoms with Gasteiger partial charge in [-0.25, -0.2) is 0 Å². The zero-order chi connectivity index (χ0) is 14.4. The van der Waals surface area contributed by atoms with Crippen molar-refractivity contribution in [1.29, 1.82) is 0 Å². The minimum Gasteiger partial charge on any atom is -0.493 e. The Balaban J connectivity index is 2.10. The molecule has 1 fully saturated rings. The van der Waals surface area contributed by atoms with Gasteiger partial charge in [0.05, 0.1) is 7.11 Å². The topological polar surface area (TPSA) is 44.5 Å². The molecule has 2 N–H and O–H groups in total. The number of hydrogen-bond acceptors (Lipinski definition) is 3. The first-order valence-electron chi connectivity index (χ1n) is 7.83. The summed E-state index contributed by atoms with van der Waals surface area (Å²) in [5, 5.41) is 0. The van der Waals surface area contributed by atoms with Gasteiger partial charge in [0.15, 0.2) is 11.5 Å². The lowest BCUT2D eigenvalue weighted by atomic mass is 9.95. The number of rotatable bonds is 4. The molecule has 0 amide bonds. The van der Waals surface area contributed by atoms with Gasteiger partial charge in [0.1, 0.15) is 6.10 Å². The number of nitrogens with two attached hydrogens (primary N) is 1. The van der Waals surface area contributed by atoms with Crippen LogP contribution in [-0.2, 0) is 6.42 Å². The Hall–Kier alpha value is -1.22. The summed E-state index contributed by atoms with van der Waals surface area (Å²) in [5.74, 6) is 1.64. The Bertz CT molecular complexity index is 419. The van der Waals surface area contributed by atoms with Crippen molar-refractivity contribution in [1.82, 2.24) is 0 Å². The standard InChI is InChI=1S/C17H27NO2/c1-3-13-10-11-16(17(12-13)19-2)20-15-9-7-5-4-6-8-14(15)18/h10-12,14-15H,3-9,18H2,1-2H3. The molecular weight excluding hydrogens is 250 g/mol. The average molecular weight is 277 g/mol. The first kappa shape index (κ1) is 15.2. The summed E-state index contributed by atoms with van der Waals surface area (Å²) < 4.78 is 11.6. The number of hydrogen-bond donors (Lipinski definition) is 1. The molecule has 112 valence electrons. The maximum atomic E-state index is 6.28. The molecule has 0 aliphatic heterocycles. The first-order chi connectivity index (χ1) is 9.74. The molecule has 3 heteroatoms. The predicted molar refractivity (Wildman–Crippen MR) is 82.5 cm³/mol. The zero-order valence-corrected chi connectivity index (χ0v) is 12.7. The lowest BCUT2D eigenvalue weighted by Gasteiger charge is -2.27. The molecule has 0 aromatic heterocycles. The molecule has 2 atom stereocenters. The van der Waals surface area contributed by atoms with E-state index in [2.05, 4.69) is 19.1 Å². The minimum absolute atomic E-state index is 0.108. The first-order valence-corrected chi connectivity index (χ1v) is 7.83. The molecule has 1 aliphatic carbocycles. The maximum absolute atomic E-state index is 6.28. The molecule has 1 aromatic rings. The predicted octanol–water partition coefficient (Wildman–Crippen LogP) is 3.69. The van der Waals surface area contributed by atoms with E-state index < -0.39 is 0 Å². The summed E-state index contributed by atoms with van der Waals surface area (Å²) in [6, 6.07) is 6.31. The largest absolute Gasteiger partial charge is 0.493 e. The lowest BCUT2D eigenvalue weighted by molar-refractivity contribution is 0.140. The Kier molecular flexibility index (Phi) is 5.72. The van der Waals surface area contributed by atoms with Crippen LogP contribution in [0, 0.1) is 0 Å². The molecule has 1 aliphatic rings. The second-order valence-corrected chi connectivity index (χ2v) is 5.65. The molecule has 0 radical (unpaired) electrons. The number of methoxy groups -OCH3 is 1. The Morgan fingerprint density at radius 2 is 1.85 bits per heavy atom. The van der Waals surface area contributed by atoms with Gasteiger partial charge in [-0.05, 0) is 43.4 Å². The maximum Gasteiger partial charge on any atom is 0.161 e. The quantitative estimate of drug-likeness (QED) is 0.913. The molecule has 2 unspecified atom stereocenters. The number of aryl methyl sites for hydroxylation is 1. The van der Waals surface area contributed by atoms with Crippen LogP contribution in [0.15, 0.2) is 18.2 Å². The fraction of sp³-hybridized carbons (Fsp3) is 0.647. The molecule has 1 aromatic carbocycles. The third-order valence-corrected chi connectivity index (χ3v) is 4.17. The van der Waals surface area contributed by atoms with Crippen molar-refractivity contribution in [2.24, 2.45) is 5.73 Å². The van der Waals surface area contributed by atoms with E-state index in [0.717, 1.165) is 30.8 Å². The van der Waals surface area contributed by atoms with Gasteiger partial charge in [-0.15, -0.1) is 0 Å². The van der Waals surface area contributed by atoms with Gasteiger partial charge in [-0.2, -0.15) is 0 Å². The average Bonchev–Trinajstić information content (AvgIpc) is 2.47. The molecule has 1 saturated carbocycles. The van der Waals surface area contributed by atoms with Gasteiger partial charge in [-0.3, -0.25) is 0 Å². The highest BCUT2D eigenvalue weighted by Crippen LogP contribution is 2.31. The van der Waals surface area contributed by atoms with Crippen molar-refractivity contribution in [2.45, 2.75) is 64.0 Å². The van der Waals surface area contributed by atoms with Crippen molar-refractivity contribution >= 4 is 0 Å². The molecule has 20 heavy (non-hydrogen) atoms. The van der Waals surface area contributed by atoms with Gasteiger partial charge in [0.2, 0.25) is 0 Å². The van der Waals surface area contributed by atoms with Crippen LogP contribution in [0.25, 0.3) is 0 Å². The van der Waals surface area contributed by atoms with E-state index in [4.69, 9.17) is 15.2 Å². The summed E-state index contributed by atoms with van der Waals surface area (Å²) >= 11 is 0. The monoisotopic (exact) mass is 277 g/mol. The summed E-state index contributed by atoms with van der Waals surface area (Å²) in [7, 11) is 1.69. The Morgan fingerprint density at radius 3 is 2.55 bits per heavy atom. The fourth-order valence-corrected chi connectivity index (χ4v) is 2.82. The molecule has 0 spiro atoms. The summed E-state index contributed by atoms with van der Waals surface area (Å²) in [4.78, 5) is 0. The fourth-order valence-electron chi connectivity index (χ4n) is 2.82. The molecular formula is C17H27NO2. The highest BCUT2D eigenvalue weighted by atomic mass is 16.5. The van der Waals surface area contributed by atoms with Crippen molar-refractivity contribution in [3.63, 3.8) is 0 Å². The van der Waals surface area contributed by atoms with E-state index in [-0.39, 0.29) is 12.1 Å². The van der Waals surface area contributed by atoms with Crippen LogP contribution < -0.4 is 15.2 Å². The summed E-state index contributed by atoms with van der Waals surface area (Å²) in [5.41, 5.74) is 7.54. The van der Waals surface area contributed by atoms with Crippen LogP contribution >= 0.6 is 0 Å². The molecule has 0 bridgehead atoms. The van der Waals surface area contributed by atoms with E-state index >= 15 is 0 Å². The van der Waals surface area contributed by atoms with Gasteiger partial charge in [-0.1, -0.05) is 32.3 Å². The number of ether oxygens (including phenoxy) is 2.